The summed E-state index contributed by atoms with van der Waals surface area (Å²) in [6, 6.07) is 4.95. The number of benzene rings is 1. The molecule has 2 heterocycles. The fourth-order valence-electron chi connectivity index (χ4n) is 2.94. The van der Waals surface area contributed by atoms with Gasteiger partial charge in [0.2, 0.25) is 10.0 Å². The second-order valence-electron chi connectivity index (χ2n) is 6.11. The Morgan fingerprint density at radius 1 is 1.24 bits per heavy atom. The first-order valence-electron chi connectivity index (χ1n) is 7.77. The Morgan fingerprint density at radius 2 is 1.96 bits per heavy atom. The van der Waals surface area contributed by atoms with Crippen LogP contribution in [0.3, 0.4) is 0 Å². The van der Waals surface area contributed by atoms with Gasteiger partial charge in [0.1, 0.15) is 4.90 Å². The molecule has 1 aromatic heterocycles. The highest BCUT2D eigenvalue weighted by atomic mass is 32.2. The number of hydrogen-bond acceptors (Lipinski definition) is 5. The number of H-pyrrole nitrogens is 1. The van der Waals surface area contributed by atoms with E-state index < -0.39 is 20.0 Å². The van der Waals surface area contributed by atoms with Gasteiger partial charge in [-0.15, -0.1) is 0 Å². The minimum atomic E-state index is -3.83. The Balaban J connectivity index is 2.00. The second-order valence-corrected chi connectivity index (χ2v) is 9.74. The molecule has 0 radical (unpaired) electrons. The molecule has 0 saturated carbocycles. The standard InChI is InChI=1S/C15H20N4O4S2/c1-10-5-6-13(19-7-4-8-24(19,20)21)9-14(10)18-25(22,23)15-11(2)16-17-12(15)3/h5-6,9,18H,4,7-8H2,1-3H3,(H,16,17). The van der Waals surface area contributed by atoms with E-state index in [4.69, 9.17) is 0 Å². The summed E-state index contributed by atoms with van der Waals surface area (Å²) < 4.78 is 53.5. The number of aryl methyl sites for hydroxylation is 3. The Hall–Kier alpha value is -2.07. The van der Waals surface area contributed by atoms with Crippen molar-refractivity contribution in [1.82, 2.24) is 10.2 Å². The Bertz CT molecular complexity index is 1010. The molecule has 1 fully saturated rings. The second kappa shape index (κ2) is 6.03. The van der Waals surface area contributed by atoms with Gasteiger partial charge in [0.15, 0.2) is 0 Å². The van der Waals surface area contributed by atoms with E-state index in [0.717, 1.165) is 0 Å². The van der Waals surface area contributed by atoms with Gasteiger partial charge in [-0.2, -0.15) is 5.10 Å². The van der Waals surface area contributed by atoms with Gasteiger partial charge < -0.3 is 0 Å². The van der Waals surface area contributed by atoms with Gasteiger partial charge in [-0.05, 0) is 44.9 Å². The van der Waals surface area contributed by atoms with Crippen LogP contribution in [0.4, 0.5) is 11.4 Å². The zero-order chi connectivity index (χ0) is 18.4. The molecule has 1 saturated heterocycles. The molecule has 1 aliphatic rings. The van der Waals surface area contributed by atoms with Gasteiger partial charge in [0, 0.05) is 6.54 Å². The molecule has 0 unspecified atom stereocenters. The van der Waals surface area contributed by atoms with Crippen molar-refractivity contribution in [2.24, 2.45) is 0 Å². The van der Waals surface area contributed by atoms with Crippen molar-refractivity contribution < 1.29 is 16.8 Å². The topological polar surface area (TPSA) is 112 Å². The number of aromatic amines is 1. The van der Waals surface area contributed by atoms with Crippen molar-refractivity contribution in [2.75, 3.05) is 21.3 Å². The van der Waals surface area contributed by atoms with Gasteiger partial charge in [0.05, 0.1) is 28.5 Å². The van der Waals surface area contributed by atoms with Crippen LogP contribution in [-0.4, -0.2) is 39.3 Å². The molecule has 10 heteroatoms. The van der Waals surface area contributed by atoms with E-state index in [2.05, 4.69) is 14.9 Å². The minimum absolute atomic E-state index is 0.103. The fraction of sp³-hybridized carbons (Fsp3) is 0.400. The maximum absolute atomic E-state index is 12.7. The SMILES string of the molecule is Cc1ccc(N2CCCS2(=O)=O)cc1NS(=O)(=O)c1c(C)n[nH]c1C. The summed E-state index contributed by atoms with van der Waals surface area (Å²) in [5.41, 5.74) is 2.32. The van der Waals surface area contributed by atoms with Crippen LogP contribution in [0.2, 0.25) is 0 Å². The molecule has 0 spiro atoms. The lowest BCUT2D eigenvalue weighted by Crippen LogP contribution is -2.25. The Labute approximate surface area is 147 Å². The third-order valence-corrected chi connectivity index (χ3v) is 7.68. The first kappa shape index (κ1) is 17.7. The molecule has 0 bridgehead atoms. The average molecular weight is 384 g/mol. The van der Waals surface area contributed by atoms with Crippen LogP contribution in [0.5, 0.6) is 0 Å². The minimum Gasteiger partial charge on any atom is -0.281 e. The predicted molar refractivity (Wildman–Crippen MR) is 95.8 cm³/mol. The van der Waals surface area contributed by atoms with Gasteiger partial charge in [0.25, 0.3) is 10.0 Å². The molecule has 0 amide bonds. The van der Waals surface area contributed by atoms with Crippen molar-refractivity contribution in [3.8, 4) is 0 Å². The van der Waals surface area contributed by atoms with Crippen molar-refractivity contribution in [3.63, 3.8) is 0 Å². The summed E-state index contributed by atoms with van der Waals surface area (Å²) in [5.74, 6) is 0.106. The Morgan fingerprint density at radius 3 is 2.52 bits per heavy atom. The number of rotatable bonds is 4. The quantitative estimate of drug-likeness (QED) is 0.833. The number of nitrogens with zero attached hydrogens (tertiary/aromatic N) is 2. The third kappa shape index (κ3) is 3.23. The van der Waals surface area contributed by atoms with Crippen molar-refractivity contribution in [2.45, 2.75) is 32.1 Å². The first-order chi connectivity index (χ1) is 11.6. The molecule has 0 aliphatic carbocycles. The summed E-state index contributed by atoms with van der Waals surface area (Å²) in [7, 11) is -7.16. The van der Waals surface area contributed by atoms with E-state index in [1.807, 2.05) is 0 Å². The number of sulfonamides is 2. The molecule has 2 aromatic rings. The smallest absolute Gasteiger partial charge is 0.265 e. The van der Waals surface area contributed by atoms with Crippen LogP contribution >= 0.6 is 0 Å². The fourth-order valence-corrected chi connectivity index (χ4v) is 5.99. The maximum atomic E-state index is 12.7. The Kier molecular flexibility index (Phi) is 4.28. The van der Waals surface area contributed by atoms with E-state index in [1.165, 1.54) is 4.31 Å². The van der Waals surface area contributed by atoms with Crippen LogP contribution in [-0.2, 0) is 20.0 Å². The lowest BCUT2D eigenvalue weighted by molar-refractivity contribution is 0.598. The predicted octanol–water partition coefficient (Wildman–Crippen LogP) is 1.68. The van der Waals surface area contributed by atoms with Gasteiger partial charge in [-0.1, -0.05) is 6.07 Å². The van der Waals surface area contributed by atoms with Gasteiger partial charge in [-0.3, -0.25) is 14.1 Å². The summed E-state index contributed by atoms with van der Waals surface area (Å²) in [6.45, 7) is 5.40. The molecule has 2 N–H and O–H groups in total. The molecule has 0 atom stereocenters. The molecule has 136 valence electrons. The number of nitrogens with one attached hydrogen (secondary N) is 2. The van der Waals surface area contributed by atoms with Gasteiger partial charge in [-0.25, -0.2) is 16.8 Å². The molecule has 8 nitrogen and oxygen atoms in total. The summed E-state index contributed by atoms with van der Waals surface area (Å²) in [4.78, 5) is 0.103. The highest BCUT2D eigenvalue weighted by Gasteiger charge is 2.29. The van der Waals surface area contributed by atoms with E-state index in [9.17, 15) is 16.8 Å². The highest BCUT2D eigenvalue weighted by Crippen LogP contribution is 2.30. The van der Waals surface area contributed by atoms with Gasteiger partial charge >= 0.3 is 0 Å². The zero-order valence-corrected chi connectivity index (χ0v) is 15.8. The number of hydrogen-bond donors (Lipinski definition) is 2. The molecule has 25 heavy (non-hydrogen) atoms. The van der Waals surface area contributed by atoms with Crippen LogP contribution in [0.15, 0.2) is 23.1 Å². The van der Waals surface area contributed by atoms with E-state index in [1.54, 1.807) is 39.0 Å². The largest absolute Gasteiger partial charge is 0.281 e. The first-order valence-corrected chi connectivity index (χ1v) is 10.9. The molecular formula is C15H20N4O4S2. The molecule has 1 aliphatic heterocycles. The zero-order valence-electron chi connectivity index (χ0n) is 14.2. The molecule has 1 aromatic carbocycles. The van der Waals surface area contributed by atoms with E-state index in [-0.39, 0.29) is 10.6 Å². The highest BCUT2D eigenvalue weighted by molar-refractivity contribution is 7.93. The van der Waals surface area contributed by atoms with Crippen LogP contribution < -0.4 is 9.03 Å². The van der Waals surface area contributed by atoms with Crippen LogP contribution in [0.1, 0.15) is 23.4 Å². The third-order valence-electron chi connectivity index (χ3n) is 4.18. The van der Waals surface area contributed by atoms with E-state index >= 15 is 0 Å². The average Bonchev–Trinajstić information content (AvgIpc) is 3.03. The number of anilines is 2. The van der Waals surface area contributed by atoms with E-state index in [0.29, 0.717) is 41.3 Å². The van der Waals surface area contributed by atoms with Crippen molar-refractivity contribution >= 4 is 31.4 Å². The summed E-state index contributed by atoms with van der Waals surface area (Å²) in [6.07, 6.45) is 0.560. The van der Waals surface area contributed by atoms with Crippen molar-refractivity contribution in [3.05, 3.63) is 35.2 Å². The normalized spacial score (nSPS) is 17.0. The monoisotopic (exact) mass is 384 g/mol. The summed E-state index contributed by atoms with van der Waals surface area (Å²) in [5, 5.41) is 6.57. The summed E-state index contributed by atoms with van der Waals surface area (Å²) >= 11 is 0. The van der Waals surface area contributed by atoms with Crippen molar-refractivity contribution in [1.29, 1.82) is 0 Å². The molecular weight excluding hydrogens is 364 g/mol. The lowest BCUT2D eigenvalue weighted by atomic mass is 10.2. The van der Waals surface area contributed by atoms with Crippen LogP contribution in [0, 0.1) is 20.8 Å². The molecule has 3 rings (SSSR count). The number of aromatic nitrogens is 2. The maximum Gasteiger partial charge on any atom is 0.265 e. The lowest BCUT2D eigenvalue weighted by Gasteiger charge is -2.19. The van der Waals surface area contributed by atoms with Crippen LogP contribution in [0.25, 0.3) is 0 Å².